The Balaban J connectivity index is 2.08. The molecule has 6 heteroatoms. The quantitative estimate of drug-likeness (QED) is 0.658. The van der Waals surface area contributed by atoms with E-state index in [9.17, 15) is 0 Å². The molecular formula is C12H20N4O2. The monoisotopic (exact) mass is 252 g/mol. The number of para-hydroxylation sites is 2. The van der Waals surface area contributed by atoms with Crippen molar-refractivity contribution in [1.82, 2.24) is 10.0 Å². The third-order valence-electron chi connectivity index (χ3n) is 2.99. The van der Waals surface area contributed by atoms with Crippen LogP contribution in [0.2, 0.25) is 0 Å². The van der Waals surface area contributed by atoms with E-state index in [-0.39, 0.29) is 13.2 Å². The number of hydrogen-bond donors (Lipinski definition) is 3. The molecule has 0 fully saturated rings. The van der Waals surface area contributed by atoms with Gasteiger partial charge in [-0.25, -0.2) is 0 Å². The predicted molar refractivity (Wildman–Crippen MR) is 70.9 cm³/mol. The summed E-state index contributed by atoms with van der Waals surface area (Å²) in [6.45, 7) is 1.90. The summed E-state index contributed by atoms with van der Waals surface area (Å²) in [5.41, 5.74) is 5.41. The third kappa shape index (κ3) is 2.73. The number of hydrazine groups is 2. The van der Waals surface area contributed by atoms with Gasteiger partial charge in [-0.15, -0.1) is 5.12 Å². The van der Waals surface area contributed by atoms with Crippen LogP contribution in [0.3, 0.4) is 0 Å². The van der Waals surface area contributed by atoms with Crippen molar-refractivity contribution in [3.63, 3.8) is 0 Å². The van der Waals surface area contributed by atoms with Gasteiger partial charge >= 0.3 is 0 Å². The molecule has 2 rings (SSSR count). The summed E-state index contributed by atoms with van der Waals surface area (Å²) < 4.78 is 0. The summed E-state index contributed by atoms with van der Waals surface area (Å²) >= 11 is 0. The van der Waals surface area contributed by atoms with E-state index in [0.29, 0.717) is 19.8 Å². The lowest BCUT2D eigenvalue weighted by molar-refractivity contribution is 0.146. The van der Waals surface area contributed by atoms with E-state index in [0.717, 1.165) is 11.4 Å². The van der Waals surface area contributed by atoms with Crippen LogP contribution in [0.4, 0.5) is 11.4 Å². The number of nitrogens with one attached hydrogen (secondary N) is 1. The molecule has 18 heavy (non-hydrogen) atoms. The fraction of sp³-hybridized carbons (Fsp3) is 0.500. The van der Waals surface area contributed by atoms with E-state index in [1.54, 1.807) is 0 Å². The van der Waals surface area contributed by atoms with Crippen LogP contribution in [0, 0.1) is 0 Å². The molecule has 3 N–H and O–H groups in total. The van der Waals surface area contributed by atoms with Crippen LogP contribution in [-0.4, -0.2) is 60.3 Å². The maximum atomic E-state index is 9.03. The Morgan fingerprint density at radius 1 is 1.17 bits per heavy atom. The van der Waals surface area contributed by atoms with Crippen molar-refractivity contribution in [3.05, 3.63) is 24.3 Å². The Hall–Kier alpha value is -1.34. The average molecular weight is 252 g/mol. The molecule has 1 aromatic carbocycles. The van der Waals surface area contributed by atoms with Crippen LogP contribution in [0.1, 0.15) is 0 Å². The molecule has 0 atom stereocenters. The number of rotatable bonds is 6. The first-order chi connectivity index (χ1) is 8.76. The van der Waals surface area contributed by atoms with Gasteiger partial charge < -0.3 is 10.2 Å². The van der Waals surface area contributed by atoms with Crippen LogP contribution in [0.15, 0.2) is 24.3 Å². The molecule has 0 saturated heterocycles. The fourth-order valence-electron chi connectivity index (χ4n) is 2.09. The van der Waals surface area contributed by atoms with E-state index in [1.807, 2.05) is 41.3 Å². The second-order valence-corrected chi connectivity index (χ2v) is 4.26. The molecule has 0 bridgehead atoms. The molecule has 1 aliphatic heterocycles. The maximum absolute atomic E-state index is 9.03. The number of nitrogens with zero attached hydrogens (tertiary/aromatic N) is 3. The van der Waals surface area contributed by atoms with Crippen molar-refractivity contribution in [2.24, 2.45) is 0 Å². The summed E-state index contributed by atoms with van der Waals surface area (Å²) in [6, 6.07) is 8.05. The molecule has 0 saturated carbocycles. The number of fused-ring (bicyclic) bond motifs is 1. The van der Waals surface area contributed by atoms with E-state index in [2.05, 4.69) is 10.4 Å². The predicted octanol–water partition coefficient (Wildman–Crippen LogP) is -0.0756. The zero-order valence-corrected chi connectivity index (χ0v) is 10.6. The van der Waals surface area contributed by atoms with Crippen molar-refractivity contribution in [1.29, 1.82) is 0 Å². The molecule has 0 aliphatic carbocycles. The highest BCUT2D eigenvalue weighted by Gasteiger charge is 2.24. The van der Waals surface area contributed by atoms with Crippen LogP contribution in [0.5, 0.6) is 0 Å². The highest BCUT2D eigenvalue weighted by molar-refractivity contribution is 5.72. The molecule has 0 radical (unpaired) electrons. The number of hydrogen-bond acceptors (Lipinski definition) is 6. The van der Waals surface area contributed by atoms with Crippen LogP contribution < -0.4 is 10.4 Å². The van der Waals surface area contributed by atoms with E-state index < -0.39 is 0 Å². The second kappa shape index (κ2) is 6.01. The first-order valence-electron chi connectivity index (χ1n) is 6.07. The zero-order chi connectivity index (χ0) is 13.0. The molecule has 6 nitrogen and oxygen atoms in total. The van der Waals surface area contributed by atoms with Gasteiger partial charge in [0, 0.05) is 20.1 Å². The Bertz CT molecular complexity index is 382. The van der Waals surface area contributed by atoms with Crippen LogP contribution in [-0.2, 0) is 0 Å². The van der Waals surface area contributed by atoms with E-state index >= 15 is 0 Å². The number of benzene rings is 1. The average Bonchev–Trinajstić information content (AvgIpc) is 2.67. The minimum Gasteiger partial charge on any atom is -0.395 e. The lowest BCUT2D eigenvalue weighted by Crippen LogP contribution is -2.47. The topological polar surface area (TPSA) is 62.2 Å². The Morgan fingerprint density at radius 3 is 2.50 bits per heavy atom. The van der Waals surface area contributed by atoms with Crippen LogP contribution >= 0.6 is 0 Å². The van der Waals surface area contributed by atoms with Crippen molar-refractivity contribution in [2.45, 2.75) is 0 Å². The Kier molecular flexibility index (Phi) is 4.38. The Labute approximate surface area is 107 Å². The standard InChI is InChI=1S/C12H20N4O2/c1-14-13-11-4-2-3-5-12(11)16(14)10-15(6-8-17)7-9-18/h2-5,13,17-18H,6-10H2,1H3. The summed E-state index contributed by atoms with van der Waals surface area (Å²) in [4.78, 5) is 2.00. The van der Waals surface area contributed by atoms with Gasteiger partial charge in [-0.3, -0.25) is 15.3 Å². The lowest BCUT2D eigenvalue weighted by atomic mass is 10.3. The molecular weight excluding hydrogens is 232 g/mol. The van der Waals surface area contributed by atoms with Crippen molar-refractivity contribution < 1.29 is 10.2 Å². The second-order valence-electron chi connectivity index (χ2n) is 4.26. The van der Waals surface area contributed by atoms with Gasteiger partial charge in [0.1, 0.15) is 0 Å². The van der Waals surface area contributed by atoms with Crippen molar-refractivity contribution in [2.75, 3.05) is 50.5 Å². The molecule has 100 valence electrons. The highest BCUT2D eigenvalue weighted by atomic mass is 16.3. The molecule has 0 unspecified atom stereocenters. The fourth-order valence-corrected chi connectivity index (χ4v) is 2.09. The number of aliphatic hydroxyl groups is 2. The highest BCUT2D eigenvalue weighted by Crippen LogP contribution is 2.32. The Morgan fingerprint density at radius 2 is 1.83 bits per heavy atom. The normalized spacial score (nSPS) is 15.0. The molecule has 0 spiro atoms. The van der Waals surface area contributed by atoms with Crippen molar-refractivity contribution >= 4 is 11.4 Å². The van der Waals surface area contributed by atoms with Gasteiger partial charge in [-0.05, 0) is 12.1 Å². The van der Waals surface area contributed by atoms with Crippen molar-refractivity contribution in [3.8, 4) is 0 Å². The third-order valence-corrected chi connectivity index (χ3v) is 2.99. The van der Waals surface area contributed by atoms with Gasteiger partial charge in [0.05, 0.1) is 31.3 Å². The molecule has 0 aromatic heterocycles. The van der Waals surface area contributed by atoms with E-state index in [1.165, 1.54) is 0 Å². The largest absolute Gasteiger partial charge is 0.395 e. The van der Waals surface area contributed by atoms with Gasteiger partial charge in [0.25, 0.3) is 0 Å². The molecule has 1 heterocycles. The maximum Gasteiger partial charge on any atom is 0.0886 e. The molecule has 1 aliphatic rings. The van der Waals surface area contributed by atoms with Gasteiger partial charge in [0.15, 0.2) is 0 Å². The summed E-state index contributed by atoms with van der Waals surface area (Å²) in [6.07, 6.45) is 0. The minimum atomic E-state index is 0.0899. The van der Waals surface area contributed by atoms with Crippen LogP contribution in [0.25, 0.3) is 0 Å². The minimum absolute atomic E-state index is 0.0899. The van der Waals surface area contributed by atoms with Gasteiger partial charge in [-0.1, -0.05) is 12.1 Å². The van der Waals surface area contributed by atoms with E-state index in [4.69, 9.17) is 10.2 Å². The lowest BCUT2D eigenvalue weighted by Gasteiger charge is -2.31. The SMILES string of the molecule is CN1Nc2ccccc2N1CN(CCO)CCO. The smallest absolute Gasteiger partial charge is 0.0886 e. The summed E-state index contributed by atoms with van der Waals surface area (Å²) in [5, 5.41) is 22.0. The number of anilines is 2. The summed E-state index contributed by atoms with van der Waals surface area (Å²) in [7, 11) is 1.94. The first kappa shape index (κ1) is 13.1. The molecule has 0 amide bonds. The summed E-state index contributed by atoms with van der Waals surface area (Å²) in [5.74, 6) is 0. The molecule has 1 aromatic rings. The van der Waals surface area contributed by atoms with Gasteiger partial charge in [-0.2, -0.15) is 0 Å². The number of aliphatic hydroxyl groups excluding tert-OH is 2. The van der Waals surface area contributed by atoms with Gasteiger partial charge in [0.2, 0.25) is 0 Å². The first-order valence-corrected chi connectivity index (χ1v) is 6.07. The zero-order valence-electron chi connectivity index (χ0n) is 10.6.